The third-order valence-electron chi connectivity index (χ3n) is 4.97. The second-order valence-electron chi connectivity index (χ2n) is 7.36. The first kappa shape index (κ1) is 18.7. The molecule has 0 aliphatic heterocycles. The van der Waals surface area contributed by atoms with E-state index in [9.17, 15) is 9.59 Å². The topological polar surface area (TPSA) is 55.4 Å². The van der Waals surface area contributed by atoms with Gasteiger partial charge in [-0.1, -0.05) is 27.2 Å². The lowest BCUT2D eigenvalue weighted by molar-refractivity contribution is -0.126. The van der Waals surface area contributed by atoms with Crippen LogP contribution in [0.3, 0.4) is 0 Å². The van der Waals surface area contributed by atoms with Crippen LogP contribution >= 0.6 is 0 Å². The van der Waals surface area contributed by atoms with Crippen molar-refractivity contribution in [2.75, 3.05) is 11.9 Å². The highest BCUT2D eigenvalue weighted by Gasteiger charge is 2.31. The number of anilines is 1. The van der Waals surface area contributed by atoms with Gasteiger partial charge in [0.1, 0.15) is 6.61 Å². The minimum atomic E-state index is -0.147. The summed E-state index contributed by atoms with van der Waals surface area (Å²) >= 11 is 0. The summed E-state index contributed by atoms with van der Waals surface area (Å²) in [4.78, 5) is 23.4. The molecule has 132 valence electrons. The lowest BCUT2D eigenvalue weighted by atomic mass is 9.75. The highest BCUT2D eigenvalue weighted by Crippen LogP contribution is 2.35. The van der Waals surface area contributed by atoms with Crippen LogP contribution in [-0.4, -0.2) is 24.4 Å². The van der Waals surface area contributed by atoms with Crippen LogP contribution in [0.2, 0.25) is 0 Å². The molecule has 1 amide bonds. The molecule has 2 rings (SSSR count). The summed E-state index contributed by atoms with van der Waals surface area (Å²) in [6, 6.07) is 6.93. The number of amides is 1. The molecule has 1 aliphatic carbocycles. The summed E-state index contributed by atoms with van der Waals surface area (Å²) in [5, 5.41) is 2.83. The van der Waals surface area contributed by atoms with Crippen LogP contribution in [0.15, 0.2) is 24.3 Å². The predicted octanol–water partition coefficient (Wildman–Crippen LogP) is 4.31. The second kappa shape index (κ2) is 8.43. The molecule has 3 atom stereocenters. The van der Waals surface area contributed by atoms with E-state index in [1.807, 2.05) is 0 Å². The Morgan fingerprint density at radius 1 is 1.21 bits per heavy atom. The predicted molar refractivity (Wildman–Crippen MR) is 96.2 cm³/mol. The Morgan fingerprint density at radius 2 is 1.88 bits per heavy atom. The maximum absolute atomic E-state index is 12.1. The van der Waals surface area contributed by atoms with Crippen molar-refractivity contribution >= 4 is 17.4 Å². The number of carbonyl (C=O) groups excluding carboxylic acids is 2. The van der Waals surface area contributed by atoms with Gasteiger partial charge in [0, 0.05) is 11.3 Å². The van der Waals surface area contributed by atoms with Gasteiger partial charge in [0.25, 0.3) is 0 Å². The number of ether oxygens (including phenoxy) is 1. The van der Waals surface area contributed by atoms with E-state index in [-0.39, 0.29) is 24.4 Å². The third kappa shape index (κ3) is 5.17. The summed E-state index contributed by atoms with van der Waals surface area (Å²) in [6.07, 6.45) is 3.62. The van der Waals surface area contributed by atoms with Crippen LogP contribution in [0.1, 0.15) is 57.3 Å². The number of hydrogen-bond donors (Lipinski definition) is 1. The Kier molecular flexibility index (Phi) is 6.55. The van der Waals surface area contributed by atoms with E-state index in [2.05, 4.69) is 26.1 Å². The Bertz CT molecular complexity index is 565. The normalized spacial score (nSPS) is 24.0. The molecule has 1 N–H and O–H groups in total. The molecule has 0 radical (unpaired) electrons. The van der Waals surface area contributed by atoms with Gasteiger partial charge in [0.2, 0.25) is 5.91 Å². The van der Waals surface area contributed by atoms with Gasteiger partial charge < -0.3 is 10.1 Å². The summed E-state index contributed by atoms with van der Waals surface area (Å²) < 4.78 is 5.96. The van der Waals surface area contributed by atoms with Crippen LogP contribution in [-0.2, 0) is 9.53 Å². The molecule has 1 aromatic rings. The van der Waals surface area contributed by atoms with Crippen LogP contribution in [0.4, 0.5) is 5.69 Å². The number of rotatable bonds is 6. The SMILES string of the molecule is CC(=O)c1ccc(NC(=O)CO[C@@H]2C[C@H](C)CC[C@@H]2C(C)C)cc1. The molecule has 24 heavy (non-hydrogen) atoms. The van der Waals surface area contributed by atoms with E-state index in [4.69, 9.17) is 4.74 Å². The first-order valence-corrected chi connectivity index (χ1v) is 8.89. The molecule has 1 aromatic carbocycles. The zero-order valence-electron chi connectivity index (χ0n) is 15.2. The second-order valence-corrected chi connectivity index (χ2v) is 7.36. The quantitative estimate of drug-likeness (QED) is 0.791. The Hall–Kier alpha value is -1.68. The van der Waals surface area contributed by atoms with Crippen LogP contribution < -0.4 is 5.32 Å². The highest BCUT2D eigenvalue weighted by atomic mass is 16.5. The van der Waals surface area contributed by atoms with Crippen molar-refractivity contribution in [2.45, 2.75) is 53.1 Å². The maximum atomic E-state index is 12.1. The lowest BCUT2D eigenvalue weighted by Crippen LogP contribution is -2.36. The first-order valence-electron chi connectivity index (χ1n) is 8.89. The fourth-order valence-electron chi connectivity index (χ4n) is 3.47. The van der Waals surface area contributed by atoms with Crippen molar-refractivity contribution in [1.82, 2.24) is 0 Å². The molecule has 1 fully saturated rings. The minimum Gasteiger partial charge on any atom is -0.368 e. The Labute approximate surface area is 145 Å². The molecule has 0 bridgehead atoms. The molecule has 0 aromatic heterocycles. The summed E-state index contributed by atoms with van der Waals surface area (Å²) in [5.41, 5.74) is 1.33. The van der Waals surface area contributed by atoms with E-state index in [0.717, 1.165) is 6.42 Å². The van der Waals surface area contributed by atoms with Gasteiger partial charge in [-0.2, -0.15) is 0 Å². The van der Waals surface area contributed by atoms with E-state index in [1.165, 1.54) is 19.8 Å². The van der Waals surface area contributed by atoms with E-state index in [1.54, 1.807) is 24.3 Å². The molecule has 0 heterocycles. The number of carbonyl (C=O) groups is 2. The van der Waals surface area contributed by atoms with E-state index < -0.39 is 0 Å². The number of ketones is 1. The maximum Gasteiger partial charge on any atom is 0.250 e. The fraction of sp³-hybridized carbons (Fsp3) is 0.600. The standard InChI is InChI=1S/C20H29NO3/c1-13(2)18-10-5-14(3)11-19(18)24-12-20(23)21-17-8-6-16(7-9-17)15(4)22/h6-9,13-14,18-19H,5,10-12H2,1-4H3,(H,21,23)/t14-,18-,19-/m1/s1. The lowest BCUT2D eigenvalue weighted by Gasteiger charge is -2.37. The molecule has 4 nitrogen and oxygen atoms in total. The monoisotopic (exact) mass is 331 g/mol. The third-order valence-corrected chi connectivity index (χ3v) is 4.97. The average Bonchev–Trinajstić information content (AvgIpc) is 2.53. The van der Waals surface area contributed by atoms with Gasteiger partial charge in [-0.25, -0.2) is 0 Å². The number of Topliss-reactive ketones (excluding diaryl/α,β-unsaturated/α-hetero) is 1. The molecule has 0 unspecified atom stereocenters. The number of nitrogens with one attached hydrogen (secondary N) is 1. The number of benzene rings is 1. The van der Waals surface area contributed by atoms with Crippen molar-refractivity contribution in [1.29, 1.82) is 0 Å². The first-order chi connectivity index (χ1) is 11.4. The van der Waals surface area contributed by atoms with Crippen molar-refractivity contribution in [2.24, 2.45) is 17.8 Å². The van der Waals surface area contributed by atoms with Gasteiger partial charge in [-0.3, -0.25) is 9.59 Å². The summed E-state index contributed by atoms with van der Waals surface area (Å²) in [6.45, 7) is 8.32. The van der Waals surface area contributed by atoms with Crippen molar-refractivity contribution in [3.05, 3.63) is 29.8 Å². The fourth-order valence-corrected chi connectivity index (χ4v) is 3.47. The Balaban J connectivity index is 1.86. The van der Waals surface area contributed by atoms with Crippen LogP contribution in [0.5, 0.6) is 0 Å². The van der Waals surface area contributed by atoms with Gasteiger partial charge in [0.05, 0.1) is 6.10 Å². The van der Waals surface area contributed by atoms with Crippen molar-refractivity contribution in [3.63, 3.8) is 0 Å². The van der Waals surface area contributed by atoms with Gasteiger partial charge in [-0.15, -0.1) is 0 Å². The summed E-state index contributed by atoms with van der Waals surface area (Å²) in [7, 11) is 0. The molecule has 1 saturated carbocycles. The van der Waals surface area contributed by atoms with Crippen molar-refractivity contribution < 1.29 is 14.3 Å². The molecule has 0 spiro atoms. The smallest absolute Gasteiger partial charge is 0.250 e. The minimum absolute atomic E-state index is 0.0161. The van der Waals surface area contributed by atoms with Gasteiger partial charge in [0.15, 0.2) is 5.78 Å². The zero-order valence-corrected chi connectivity index (χ0v) is 15.2. The molecular weight excluding hydrogens is 302 g/mol. The van der Waals surface area contributed by atoms with Gasteiger partial charge in [-0.05, 0) is 61.8 Å². The molecule has 1 aliphatic rings. The molecule has 0 saturated heterocycles. The zero-order chi connectivity index (χ0) is 17.7. The molecule has 4 heteroatoms. The van der Waals surface area contributed by atoms with Crippen molar-refractivity contribution in [3.8, 4) is 0 Å². The van der Waals surface area contributed by atoms with Crippen LogP contribution in [0, 0.1) is 17.8 Å². The average molecular weight is 331 g/mol. The Morgan fingerprint density at radius 3 is 2.46 bits per heavy atom. The number of hydrogen-bond acceptors (Lipinski definition) is 3. The van der Waals surface area contributed by atoms with Gasteiger partial charge >= 0.3 is 0 Å². The van der Waals surface area contributed by atoms with E-state index >= 15 is 0 Å². The summed E-state index contributed by atoms with van der Waals surface area (Å²) in [5.74, 6) is 1.63. The molecular formula is C20H29NO3. The van der Waals surface area contributed by atoms with Crippen LogP contribution in [0.25, 0.3) is 0 Å². The highest BCUT2D eigenvalue weighted by molar-refractivity contribution is 5.95. The largest absolute Gasteiger partial charge is 0.368 e. The van der Waals surface area contributed by atoms with E-state index in [0.29, 0.717) is 29.0 Å².